The van der Waals surface area contributed by atoms with E-state index in [2.05, 4.69) is 12.3 Å². The number of nitrogens with one attached hydrogen (secondary N) is 1. The smallest absolute Gasteiger partial charge is 0.263 e. The fourth-order valence-corrected chi connectivity index (χ4v) is 2.87. The molecule has 0 aliphatic carbocycles. The van der Waals surface area contributed by atoms with Gasteiger partial charge in [0.05, 0.1) is 6.10 Å². The number of rotatable bonds is 7. The summed E-state index contributed by atoms with van der Waals surface area (Å²) >= 11 is 1.92. The molecule has 0 spiro atoms. The molecule has 1 aliphatic rings. The van der Waals surface area contributed by atoms with E-state index in [1.165, 1.54) is 25.0 Å². The van der Waals surface area contributed by atoms with Crippen LogP contribution < -0.4 is 11.3 Å². The maximum absolute atomic E-state index is 11.2. The van der Waals surface area contributed by atoms with Crippen molar-refractivity contribution in [3.63, 3.8) is 0 Å². The standard InChI is InChI=1S/C11H22N2O2S/c1-2-3-4-7-16-8-9-5-6-10(15-9)11(14)13-12/h9-10H,2-8,12H2,1H3,(H,13,14). The van der Waals surface area contributed by atoms with Gasteiger partial charge in [0, 0.05) is 5.75 Å². The SMILES string of the molecule is CCCCCSCC1CCC(C(=O)NN)O1. The molecule has 0 saturated carbocycles. The highest BCUT2D eigenvalue weighted by molar-refractivity contribution is 7.99. The first kappa shape index (κ1) is 13.8. The van der Waals surface area contributed by atoms with E-state index in [-0.39, 0.29) is 18.1 Å². The average Bonchev–Trinajstić information content (AvgIpc) is 2.76. The van der Waals surface area contributed by atoms with Gasteiger partial charge in [-0.05, 0) is 25.0 Å². The minimum absolute atomic E-state index is 0.196. The van der Waals surface area contributed by atoms with E-state index in [1.54, 1.807) is 0 Å². The highest BCUT2D eigenvalue weighted by Crippen LogP contribution is 2.23. The minimum atomic E-state index is -0.328. The number of carbonyl (C=O) groups is 1. The third-order valence-electron chi connectivity index (χ3n) is 2.74. The molecular weight excluding hydrogens is 224 g/mol. The van der Waals surface area contributed by atoms with Crippen molar-refractivity contribution in [1.29, 1.82) is 0 Å². The molecule has 1 fully saturated rings. The molecule has 1 aliphatic heterocycles. The first-order valence-electron chi connectivity index (χ1n) is 6.01. The van der Waals surface area contributed by atoms with Gasteiger partial charge in [-0.25, -0.2) is 5.84 Å². The normalized spacial score (nSPS) is 24.6. The molecule has 1 amide bonds. The molecule has 1 heterocycles. The summed E-state index contributed by atoms with van der Waals surface area (Å²) in [5.74, 6) is 7.07. The van der Waals surface area contributed by atoms with Crippen molar-refractivity contribution in [2.24, 2.45) is 5.84 Å². The Bertz CT molecular complexity index is 214. The predicted octanol–water partition coefficient (Wildman–Crippen LogP) is 1.45. The van der Waals surface area contributed by atoms with Crippen molar-refractivity contribution < 1.29 is 9.53 Å². The van der Waals surface area contributed by atoms with E-state index in [1.807, 2.05) is 11.8 Å². The van der Waals surface area contributed by atoms with Crippen LogP contribution in [0.5, 0.6) is 0 Å². The van der Waals surface area contributed by atoms with E-state index in [4.69, 9.17) is 10.6 Å². The molecule has 5 heteroatoms. The highest BCUT2D eigenvalue weighted by atomic mass is 32.2. The number of carbonyl (C=O) groups excluding carboxylic acids is 1. The van der Waals surface area contributed by atoms with Gasteiger partial charge in [0.25, 0.3) is 5.91 Å². The summed E-state index contributed by atoms with van der Waals surface area (Å²) in [6, 6.07) is 0. The highest BCUT2D eigenvalue weighted by Gasteiger charge is 2.29. The maximum Gasteiger partial charge on any atom is 0.263 e. The molecule has 0 bridgehead atoms. The van der Waals surface area contributed by atoms with Crippen molar-refractivity contribution in [3.8, 4) is 0 Å². The number of ether oxygens (including phenoxy) is 1. The molecule has 2 atom stereocenters. The van der Waals surface area contributed by atoms with E-state index in [0.29, 0.717) is 0 Å². The number of thioether (sulfide) groups is 1. The van der Waals surface area contributed by atoms with E-state index >= 15 is 0 Å². The van der Waals surface area contributed by atoms with Gasteiger partial charge in [0.2, 0.25) is 0 Å². The van der Waals surface area contributed by atoms with Gasteiger partial charge >= 0.3 is 0 Å². The van der Waals surface area contributed by atoms with Crippen LogP contribution in [0.15, 0.2) is 0 Å². The van der Waals surface area contributed by atoms with Crippen LogP contribution in [0.1, 0.15) is 39.0 Å². The Morgan fingerprint density at radius 1 is 1.50 bits per heavy atom. The number of hydrogen-bond acceptors (Lipinski definition) is 4. The molecule has 94 valence electrons. The van der Waals surface area contributed by atoms with Crippen molar-refractivity contribution in [3.05, 3.63) is 0 Å². The van der Waals surface area contributed by atoms with E-state index in [0.717, 1.165) is 18.6 Å². The van der Waals surface area contributed by atoms with Crippen molar-refractivity contribution >= 4 is 17.7 Å². The van der Waals surface area contributed by atoms with E-state index in [9.17, 15) is 4.79 Å². The third kappa shape index (κ3) is 4.72. The molecule has 4 nitrogen and oxygen atoms in total. The van der Waals surface area contributed by atoms with Crippen LogP contribution in [0.4, 0.5) is 0 Å². The third-order valence-corrected chi connectivity index (χ3v) is 3.92. The molecule has 0 aromatic heterocycles. The number of amides is 1. The second-order valence-corrected chi connectivity index (χ2v) is 5.26. The molecule has 2 unspecified atom stereocenters. The molecular formula is C11H22N2O2S. The zero-order valence-electron chi connectivity index (χ0n) is 9.91. The second kappa shape index (κ2) is 7.92. The topological polar surface area (TPSA) is 64.4 Å². The molecule has 16 heavy (non-hydrogen) atoms. The lowest BCUT2D eigenvalue weighted by atomic mass is 10.2. The minimum Gasteiger partial charge on any atom is -0.364 e. The molecule has 3 N–H and O–H groups in total. The number of unbranched alkanes of at least 4 members (excludes halogenated alkanes) is 2. The predicted molar refractivity (Wildman–Crippen MR) is 67.1 cm³/mol. The molecule has 1 rings (SSSR count). The van der Waals surface area contributed by atoms with Crippen LogP contribution in [0.2, 0.25) is 0 Å². The fraction of sp³-hybridized carbons (Fsp3) is 0.909. The summed E-state index contributed by atoms with van der Waals surface area (Å²) in [4.78, 5) is 11.2. The lowest BCUT2D eigenvalue weighted by Crippen LogP contribution is -2.39. The Morgan fingerprint density at radius 2 is 2.31 bits per heavy atom. The Kier molecular flexibility index (Phi) is 6.84. The number of hydrazine groups is 1. The first-order valence-corrected chi connectivity index (χ1v) is 7.17. The van der Waals surface area contributed by atoms with Gasteiger partial charge in [-0.15, -0.1) is 0 Å². The van der Waals surface area contributed by atoms with Gasteiger partial charge in [-0.1, -0.05) is 19.8 Å². The summed E-state index contributed by atoms with van der Waals surface area (Å²) < 4.78 is 5.61. The van der Waals surface area contributed by atoms with Gasteiger partial charge in [0.15, 0.2) is 0 Å². The molecule has 0 aromatic carbocycles. The quantitative estimate of drug-likeness (QED) is 0.309. The summed E-state index contributed by atoms with van der Waals surface area (Å²) in [7, 11) is 0. The molecule has 0 aromatic rings. The second-order valence-electron chi connectivity index (χ2n) is 4.11. The van der Waals surface area contributed by atoms with Crippen LogP contribution in [-0.2, 0) is 9.53 Å². The number of hydrogen-bond donors (Lipinski definition) is 2. The van der Waals surface area contributed by atoms with Crippen LogP contribution >= 0.6 is 11.8 Å². The Labute approximate surface area is 102 Å². The summed E-state index contributed by atoms with van der Waals surface area (Å²) in [6.45, 7) is 2.21. The van der Waals surface area contributed by atoms with Crippen LogP contribution in [0.3, 0.4) is 0 Å². The number of nitrogens with two attached hydrogens (primary N) is 1. The lowest BCUT2D eigenvalue weighted by molar-refractivity contribution is -0.131. The maximum atomic E-state index is 11.2. The van der Waals surface area contributed by atoms with Crippen molar-refractivity contribution in [2.75, 3.05) is 11.5 Å². The average molecular weight is 246 g/mol. The van der Waals surface area contributed by atoms with Crippen LogP contribution in [-0.4, -0.2) is 29.6 Å². The van der Waals surface area contributed by atoms with Gasteiger partial charge in [-0.2, -0.15) is 11.8 Å². The summed E-state index contributed by atoms with van der Waals surface area (Å²) in [5.41, 5.74) is 2.14. The van der Waals surface area contributed by atoms with Crippen LogP contribution in [0, 0.1) is 0 Å². The molecule has 1 saturated heterocycles. The monoisotopic (exact) mass is 246 g/mol. The van der Waals surface area contributed by atoms with Crippen LogP contribution in [0.25, 0.3) is 0 Å². The Morgan fingerprint density at radius 3 is 3.00 bits per heavy atom. The summed E-state index contributed by atoms with van der Waals surface area (Å²) in [6.07, 6.45) is 5.51. The Hall–Kier alpha value is -0.260. The fourth-order valence-electron chi connectivity index (χ4n) is 1.78. The summed E-state index contributed by atoms with van der Waals surface area (Å²) in [5, 5.41) is 0. The lowest BCUT2D eigenvalue weighted by Gasteiger charge is -2.12. The van der Waals surface area contributed by atoms with Gasteiger partial charge in [-0.3, -0.25) is 10.2 Å². The zero-order chi connectivity index (χ0) is 11.8. The van der Waals surface area contributed by atoms with Crippen molar-refractivity contribution in [1.82, 2.24) is 5.43 Å². The molecule has 0 radical (unpaired) electrons. The van der Waals surface area contributed by atoms with E-state index < -0.39 is 0 Å². The zero-order valence-corrected chi connectivity index (χ0v) is 10.7. The largest absolute Gasteiger partial charge is 0.364 e. The van der Waals surface area contributed by atoms with Gasteiger partial charge < -0.3 is 4.74 Å². The first-order chi connectivity index (χ1) is 7.77. The Balaban J connectivity index is 2.05. The van der Waals surface area contributed by atoms with Crippen molar-refractivity contribution in [2.45, 2.75) is 51.2 Å². The van der Waals surface area contributed by atoms with Gasteiger partial charge in [0.1, 0.15) is 6.10 Å².